The van der Waals surface area contributed by atoms with Gasteiger partial charge in [-0.15, -0.1) is 0 Å². The summed E-state index contributed by atoms with van der Waals surface area (Å²) in [5, 5.41) is 14.0. The summed E-state index contributed by atoms with van der Waals surface area (Å²) in [7, 11) is -2.78. The molecule has 0 saturated carbocycles. The molecular weight excluding hydrogens is 569 g/mol. The van der Waals surface area contributed by atoms with Crippen molar-refractivity contribution in [3.8, 4) is 5.88 Å². The molecule has 16 heteroatoms. The molecule has 15 nitrogen and oxygen atoms in total. The fraction of sp³-hybridized carbons (Fsp3) is 0.500. The normalized spacial score (nSPS) is 25.0. The number of aliphatic hydroxyl groups is 1. The first-order valence-electron chi connectivity index (χ1n) is 13.2. The van der Waals surface area contributed by atoms with Crippen molar-refractivity contribution in [3.63, 3.8) is 0 Å². The number of nitrogens with zero attached hydrogens (tertiary/aromatic N) is 5. The van der Waals surface area contributed by atoms with Crippen LogP contribution in [0.3, 0.4) is 0 Å². The van der Waals surface area contributed by atoms with Gasteiger partial charge in [-0.05, 0) is 40.0 Å². The van der Waals surface area contributed by atoms with Crippen LogP contribution in [0.5, 0.6) is 5.88 Å². The molecule has 42 heavy (non-hydrogen) atoms. The van der Waals surface area contributed by atoms with Crippen molar-refractivity contribution in [3.05, 3.63) is 42.2 Å². The fourth-order valence-corrected chi connectivity index (χ4v) is 6.25. The van der Waals surface area contributed by atoms with E-state index >= 15 is 0 Å². The Morgan fingerprint density at radius 3 is 2.69 bits per heavy atom. The molecule has 0 bridgehead atoms. The van der Waals surface area contributed by atoms with E-state index in [1.165, 1.54) is 24.9 Å². The number of nitrogens with one attached hydrogen (secondary N) is 1. The number of aliphatic imine (C=N–C) groups is 1. The first kappa shape index (κ1) is 31.5. The maximum Gasteiger partial charge on any atom is 0.406 e. The van der Waals surface area contributed by atoms with Crippen molar-refractivity contribution in [1.82, 2.24) is 24.6 Å². The van der Waals surface area contributed by atoms with E-state index in [0.29, 0.717) is 5.52 Å². The number of rotatable bonds is 13. The lowest BCUT2D eigenvalue weighted by Gasteiger charge is -2.29. The Morgan fingerprint density at radius 1 is 1.33 bits per heavy atom. The van der Waals surface area contributed by atoms with Crippen LogP contribution in [0.2, 0.25) is 0 Å². The second-order valence-corrected chi connectivity index (χ2v) is 11.5. The van der Waals surface area contributed by atoms with Crippen LogP contribution in [0, 0.1) is 0 Å². The van der Waals surface area contributed by atoms with Gasteiger partial charge in [-0.3, -0.25) is 23.4 Å². The smallest absolute Gasteiger partial charge is 0.406 e. The van der Waals surface area contributed by atoms with E-state index in [1.54, 1.807) is 32.9 Å². The van der Waals surface area contributed by atoms with Crippen molar-refractivity contribution in [2.45, 2.75) is 63.8 Å². The summed E-state index contributed by atoms with van der Waals surface area (Å²) < 4.78 is 43.7. The maximum atomic E-state index is 14.0. The molecule has 0 amide bonds. The lowest BCUT2D eigenvalue weighted by atomic mass is 9.93. The number of nitrogens with two attached hydrogens (primary N) is 1. The molecule has 0 radical (unpaired) electrons. The van der Waals surface area contributed by atoms with Crippen molar-refractivity contribution in [2.75, 3.05) is 26.1 Å². The quantitative estimate of drug-likeness (QED) is 0.146. The van der Waals surface area contributed by atoms with Crippen LogP contribution in [0.1, 0.15) is 45.6 Å². The predicted octanol–water partition coefficient (Wildman–Crippen LogP) is 2.58. The third-order valence-corrected chi connectivity index (χ3v) is 8.70. The topological polar surface area (TPSA) is 195 Å². The molecule has 1 fully saturated rings. The third kappa shape index (κ3) is 6.31. The largest absolute Gasteiger partial charge is 0.479 e. The van der Waals surface area contributed by atoms with Crippen molar-refractivity contribution >= 4 is 37.5 Å². The van der Waals surface area contributed by atoms with E-state index in [0.717, 1.165) is 5.56 Å². The maximum absolute atomic E-state index is 14.0. The van der Waals surface area contributed by atoms with Gasteiger partial charge in [0.1, 0.15) is 23.8 Å². The minimum atomic E-state index is -4.20. The Labute approximate surface area is 243 Å². The van der Waals surface area contributed by atoms with Crippen LogP contribution in [0.15, 0.2) is 41.7 Å². The number of esters is 1. The van der Waals surface area contributed by atoms with Crippen LogP contribution in [0.25, 0.3) is 11.2 Å². The van der Waals surface area contributed by atoms with Crippen molar-refractivity contribution in [2.24, 2.45) is 4.99 Å². The molecule has 228 valence electrons. The zero-order chi connectivity index (χ0) is 30.7. The summed E-state index contributed by atoms with van der Waals surface area (Å²) >= 11 is 0. The van der Waals surface area contributed by atoms with Gasteiger partial charge in [0.05, 0.1) is 32.8 Å². The highest BCUT2D eigenvalue weighted by Gasteiger charge is 2.55. The first-order valence-corrected chi connectivity index (χ1v) is 14.8. The monoisotopic (exact) mass is 605 g/mol. The Bertz CT molecular complexity index is 1460. The number of ether oxygens (including phenoxy) is 3. The average Bonchev–Trinajstić information content (AvgIpc) is 3.50. The van der Waals surface area contributed by atoms with Gasteiger partial charge in [-0.25, -0.2) is 14.6 Å². The fourth-order valence-electron chi connectivity index (χ4n) is 4.59. The molecule has 0 spiro atoms. The second kappa shape index (κ2) is 12.8. The number of fused-ring (bicyclic) bond motifs is 1. The average molecular weight is 606 g/mol. The predicted molar refractivity (Wildman–Crippen MR) is 153 cm³/mol. The number of imidazole rings is 1. The zero-order valence-corrected chi connectivity index (χ0v) is 24.9. The number of anilines is 1. The van der Waals surface area contributed by atoms with Gasteiger partial charge in [-0.1, -0.05) is 30.3 Å². The highest BCUT2D eigenvalue weighted by atomic mass is 31.2. The summed E-state index contributed by atoms with van der Waals surface area (Å²) in [5.41, 5.74) is 5.88. The molecule has 3 aromatic rings. The molecule has 1 aromatic carbocycles. The SMILES string of the molecule is C=N[C@]1(C)[C@H](O)[C@@H](COP(=O)(N[C@@H](C)C(=O)OCC)O[C@H](C)c2ccccc2)O[C@H]1n1cnc2c(OC)nc(N)nc21. The third-order valence-electron chi connectivity index (χ3n) is 6.91. The molecule has 1 saturated heterocycles. The molecular formula is C26H36N7O8P. The lowest BCUT2D eigenvalue weighted by Crippen LogP contribution is -2.43. The van der Waals surface area contributed by atoms with Crippen molar-refractivity contribution < 1.29 is 37.7 Å². The number of nitrogen functional groups attached to an aromatic ring is 1. The molecule has 2 aromatic heterocycles. The number of hydrogen-bond donors (Lipinski definition) is 3. The molecule has 1 unspecified atom stereocenters. The molecule has 1 aliphatic heterocycles. The number of hydrogen-bond acceptors (Lipinski definition) is 13. The van der Waals surface area contributed by atoms with Crippen LogP contribution >= 0.6 is 7.75 Å². The highest BCUT2D eigenvalue weighted by molar-refractivity contribution is 7.51. The van der Waals surface area contributed by atoms with Gasteiger partial charge in [0.2, 0.25) is 11.8 Å². The van der Waals surface area contributed by atoms with E-state index in [4.69, 9.17) is 29.0 Å². The molecule has 7 atom stereocenters. The molecule has 4 N–H and O–H groups in total. The highest BCUT2D eigenvalue weighted by Crippen LogP contribution is 2.50. The number of carbonyl (C=O) groups is 1. The first-order chi connectivity index (χ1) is 20.0. The summed E-state index contributed by atoms with van der Waals surface area (Å²) in [5.74, 6) is -0.530. The molecule has 1 aliphatic rings. The summed E-state index contributed by atoms with van der Waals surface area (Å²) in [6.45, 7) is 9.87. The van der Waals surface area contributed by atoms with E-state index < -0.39 is 56.4 Å². The van der Waals surface area contributed by atoms with Gasteiger partial charge >= 0.3 is 13.7 Å². The van der Waals surface area contributed by atoms with Crippen LogP contribution in [-0.2, 0) is 27.9 Å². The number of aliphatic hydroxyl groups excluding tert-OH is 1. The molecule has 4 rings (SSSR count). The second-order valence-electron chi connectivity index (χ2n) is 9.83. The van der Waals surface area contributed by atoms with E-state index in [9.17, 15) is 14.5 Å². The van der Waals surface area contributed by atoms with Gasteiger partial charge in [-0.2, -0.15) is 9.97 Å². The van der Waals surface area contributed by atoms with E-state index in [1.807, 2.05) is 18.2 Å². The van der Waals surface area contributed by atoms with Gasteiger partial charge < -0.3 is 25.1 Å². The van der Waals surface area contributed by atoms with Gasteiger partial charge in [0.15, 0.2) is 17.4 Å². The van der Waals surface area contributed by atoms with Crippen molar-refractivity contribution in [1.29, 1.82) is 0 Å². The standard InChI is InChI=1S/C26H36N7O8P/c1-7-38-23(35)15(2)32-42(36,41-16(3)17-11-9-8-10-12-17)39-13-18-20(34)26(4,28-5)24(40-18)33-14-29-19-21(33)30-25(27)31-22(19)37-6/h8-12,14-16,18,20,24,34H,5,7,13H2,1-4,6H3,(H,32,36)(H2,27,30,31)/t15-,16+,18+,20+,24+,26+,42?/m0/s1. The Balaban J connectivity index is 1.60. The Hall–Kier alpha value is -3.46. The Kier molecular flexibility index (Phi) is 9.60. The number of methoxy groups -OCH3 is 1. The van der Waals surface area contributed by atoms with E-state index in [2.05, 4.69) is 31.7 Å². The molecule has 3 heterocycles. The van der Waals surface area contributed by atoms with Crippen LogP contribution in [0.4, 0.5) is 5.95 Å². The van der Waals surface area contributed by atoms with Gasteiger partial charge in [0.25, 0.3) is 0 Å². The minimum absolute atomic E-state index is 0.0554. The number of carbonyl (C=O) groups excluding carboxylic acids is 1. The van der Waals surface area contributed by atoms with Gasteiger partial charge in [0, 0.05) is 0 Å². The summed E-state index contributed by atoms with van der Waals surface area (Å²) in [6.07, 6.45) is -2.56. The number of benzene rings is 1. The summed E-state index contributed by atoms with van der Waals surface area (Å²) in [6, 6.07) is 8.05. The minimum Gasteiger partial charge on any atom is -0.479 e. The Morgan fingerprint density at radius 2 is 2.05 bits per heavy atom. The molecule has 0 aliphatic carbocycles. The van der Waals surface area contributed by atoms with Crippen LogP contribution in [-0.4, -0.2) is 81.4 Å². The number of aromatic nitrogens is 4. The summed E-state index contributed by atoms with van der Waals surface area (Å²) in [4.78, 5) is 29.1. The van der Waals surface area contributed by atoms with E-state index in [-0.39, 0.29) is 24.1 Å². The zero-order valence-electron chi connectivity index (χ0n) is 24.0. The van der Waals surface area contributed by atoms with Crippen LogP contribution < -0.4 is 15.6 Å². The lowest BCUT2D eigenvalue weighted by molar-refractivity contribution is -0.144.